The van der Waals surface area contributed by atoms with E-state index in [0.29, 0.717) is 23.5 Å². The SMILES string of the molecule is CCCCN(Cc1cccs1)c1ccc(NC(=O)c2ccc(F)cc2)cc1C(=O)O.O=C(O)C(F)(F)F. The van der Waals surface area contributed by atoms with Gasteiger partial charge in [-0.3, -0.25) is 4.79 Å². The predicted octanol–water partition coefficient (Wildman–Crippen LogP) is 6.28. The number of hydrogen-bond acceptors (Lipinski definition) is 5. The molecule has 37 heavy (non-hydrogen) atoms. The van der Waals surface area contributed by atoms with Crippen LogP contribution in [0.25, 0.3) is 0 Å². The highest BCUT2D eigenvalue weighted by molar-refractivity contribution is 7.09. The fourth-order valence-corrected chi connectivity index (χ4v) is 3.81. The first kappa shape index (κ1) is 29.3. The van der Waals surface area contributed by atoms with Crippen LogP contribution in [-0.4, -0.2) is 40.8 Å². The molecule has 12 heteroatoms. The highest BCUT2D eigenvalue weighted by atomic mass is 32.1. The van der Waals surface area contributed by atoms with Crippen LogP contribution < -0.4 is 10.2 Å². The molecule has 3 rings (SSSR count). The lowest BCUT2D eigenvalue weighted by Gasteiger charge is -2.26. The second-order valence-electron chi connectivity index (χ2n) is 7.66. The maximum atomic E-state index is 13.1. The van der Waals surface area contributed by atoms with Gasteiger partial charge in [-0.15, -0.1) is 11.3 Å². The molecule has 0 aliphatic carbocycles. The van der Waals surface area contributed by atoms with Crippen LogP contribution >= 0.6 is 11.3 Å². The van der Waals surface area contributed by atoms with Crippen LogP contribution in [0, 0.1) is 5.82 Å². The number of carbonyl (C=O) groups is 3. The number of aromatic carboxylic acids is 1. The zero-order valence-electron chi connectivity index (χ0n) is 19.6. The van der Waals surface area contributed by atoms with Gasteiger partial charge in [0, 0.05) is 22.7 Å². The molecule has 0 atom stereocenters. The molecule has 198 valence electrons. The van der Waals surface area contributed by atoms with Gasteiger partial charge in [-0.1, -0.05) is 19.4 Å². The number of unbranched alkanes of at least 4 members (excludes halogenated alkanes) is 1. The third-order valence-corrected chi connectivity index (χ3v) is 5.74. The second kappa shape index (κ2) is 13.4. The minimum absolute atomic E-state index is 0.125. The number of halogens is 4. The molecule has 2 aromatic carbocycles. The number of rotatable bonds is 9. The number of nitrogens with one attached hydrogen (secondary N) is 1. The van der Waals surface area contributed by atoms with Crippen LogP contribution in [0.2, 0.25) is 0 Å². The van der Waals surface area contributed by atoms with E-state index in [4.69, 9.17) is 9.90 Å². The Bertz CT molecular complexity index is 1200. The normalized spacial score (nSPS) is 10.7. The number of carbonyl (C=O) groups excluding carboxylic acids is 1. The average Bonchev–Trinajstić information content (AvgIpc) is 3.35. The summed E-state index contributed by atoms with van der Waals surface area (Å²) in [5.74, 6) is -4.68. The molecule has 3 aromatic rings. The molecule has 3 N–H and O–H groups in total. The minimum atomic E-state index is -5.08. The number of carboxylic acid groups (broad SMARTS) is 2. The van der Waals surface area contributed by atoms with Crippen molar-refractivity contribution in [3.8, 4) is 0 Å². The molecule has 7 nitrogen and oxygen atoms in total. The summed E-state index contributed by atoms with van der Waals surface area (Å²) in [5.41, 5.74) is 1.40. The summed E-state index contributed by atoms with van der Waals surface area (Å²) in [6, 6.07) is 14.1. The first-order valence-electron chi connectivity index (χ1n) is 10.9. The van der Waals surface area contributed by atoms with E-state index in [9.17, 15) is 32.3 Å². The molecule has 1 heterocycles. The third-order valence-electron chi connectivity index (χ3n) is 4.88. The summed E-state index contributed by atoms with van der Waals surface area (Å²) >= 11 is 1.63. The Labute approximate surface area is 214 Å². The molecule has 0 spiro atoms. The Morgan fingerprint density at radius 3 is 2.19 bits per heavy atom. The number of benzene rings is 2. The lowest BCUT2D eigenvalue weighted by Crippen LogP contribution is -2.25. The fraction of sp³-hybridized carbons (Fsp3) is 0.240. The van der Waals surface area contributed by atoms with Gasteiger partial charge in [0.05, 0.1) is 17.8 Å². The molecule has 0 bridgehead atoms. The van der Waals surface area contributed by atoms with Crippen LogP contribution in [0.5, 0.6) is 0 Å². The number of amides is 1. The summed E-state index contributed by atoms with van der Waals surface area (Å²) in [5, 5.41) is 21.6. The van der Waals surface area contributed by atoms with E-state index in [1.165, 1.54) is 30.3 Å². The summed E-state index contributed by atoms with van der Waals surface area (Å²) < 4.78 is 44.8. The minimum Gasteiger partial charge on any atom is -0.478 e. The zero-order valence-corrected chi connectivity index (χ0v) is 20.4. The Kier molecular flexibility index (Phi) is 10.6. The number of carboxylic acids is 2. The van der Waals surface area contributed by atoms with Crippen molar-refractivity contribution in [2.45, 2.75) is 32.5 Å². The van der Waals surface area contributed by atoms with Crippen LogP contribution in [0.4, 0.5) is 28.9 Å². The lowest BCUT2D eigenvalue weighted by atomic mass is 10.1. The quantitative estimate of drug-likeness (QED) is 0.276. The number of hydrogen-bond donors (Lipinski definition) is 3. The van der Waals surface area contributed by atoms with Gasteiger partial charge in [-0.2, -0.15) is 13.2 Å². The van der Waals surface area contributed by atoms with Crippen molar-refractivity contribution in [1.29, 1.82) is 0 Å². The molecule has 1 aromatic heterocycles. The highest BCUT2D eigenvalue weighted by Gasteiger charge is 2.38. The molecule has 1 amide bonds. The van der Waals surface area contributed by atoms with Crippen molar-refractivity contribution in [3.05, 3.63) is 81.8 Å². The Balaban J connectivity index is 0.000000604. The second-order valence-corrected chi connectivity index (χ2v) is 8.69. The maximum absolute atomic E-state index is 13.1. The molecular formula is C25H24F4N2O5S. The number of anilines is 2. The fourth-order valence-electron chi connectivity index (χ4n) is 3.09. The Hall–Kier alpha value is -3.93. The van der Waals surface area contributed by atoms with Gasteiger partial charge < -0.3 is 20.4 Å². The van der Waals surface area contributed by atoms with E-state index in [1.54, 1.807) is 23.5 Å². The van der Waals surface area contributed by atoms with Gasteiger partial charge >= 0.3 is 18.1 Å². The van der Waals surface area contributed by atoms with Gasteiger partial charge in [0.15, 0.2) is 0 Å². The molecule has 0 unspecified atom stereocenters. The number of thiophene rings is 1. The van der Waals surface area contributed by atoms with Gasteiger partial charge in [0.2, 0.25) is 0 Å². The molecule has 0 aliphatic heterocycles. The van der Waals surface area contributed by atoms with E-state index in [2.05, 4.69) is 17.1 Å². The van der Waals surface area contributed by atoms with Crippen molar-refractivity contribution in [1.82, 2.24) is 0 Å². The van der Waals surface area contributed by atoms with Crippen molar-refractivity contribution in [2.24, 2.45) is 0 Å². The molecule has 0 fully saturated rings. The van der Waals surface area contributed by atoms with Crippen LogP contribution in [0.3, 0.4) is 0 Å². The van der Waals surface area contributed by atoms with Crippen molar-refractivity contribution in [3.63, 3.8) is 0 Å². The van der Waals surface area contributed by atoms with E-state index in [0.717, 1.165) is 24.3 Å². The predicted molar refractivity (Wildman–Crippen MR) is 132 cm³/mol. The maximum Gasteiger partial charge on any atom is 0.490 e. The molecular weight excluding hydrogens is 516 g/mol. The lowest BCUT2D eigenvalue weighted by molar-refractivity contribution is -0.192. The van der Waals surface area contributed by atoms with Crippen LogP contribution in [-0.2, 0) is 11.3 Å². The van der Waals surface area contributed by atoms with Gasteiger partial charge in [-0.25, -0.2) is 14.0 Å². The third kappa shape index (κ3) is 9.22. The monoisotopic (exact) mass is 540 g/mol. The van der Waals surface area contributed by atoms with Crippen molar-refractivity contribution in [2.75, 3.05) is 16.8 Å². The van der Waals surface area contributed by atoms with E-state index in [1.807, 2.05) is 17.5 Å². The van der Waals surface area contributed by atoms with Gasteiger partial charge in [-0.05, 0) is 60.3 Å². The molecule has 0 saturated carbocycles. The average molecular weight is 541 g/mol. The number of nitrogens with zero attached hydrogens (tertiary/aromatic N) is 1. The standard InChI is InChI=1S/C23H23FN2O3S.C2HF3O2/c1-2-3-12-26(15-19-5-4-13-30-19)21-11-10-18(14-20(21)23(28)29)25-22(27)16-6-8-17(24)9-7-16;3-2(4,5)1(6)7/h4-11,13-14H,2-3,12,15H2,1H3,(H,25,27)(H,28,29);(H,6,7). The first-order valence-corrected chi connectivity index (χ1v) is 11.8. The molecule has 0 aliphatic rings. The number of aliphatic carboxylic acids is 1. The Morgan fingerprint density at radius 1 is 1.03 bits per heavy atom. The summed E-state index contributed by atoms with van der Waals surface area (Å²) in [6.07, 6.45) is -3.15. The first-order chi connectivity index (χ1) is 17.4. The summed E-state index contributed by atoms with van der Waals surface area (Å²) in [6.45, 7) is 3.45. The van der Waals surface area contributed by atoms with Crippen molar-refractivity contribution < 1.29 is 42.2 Å². The smallest absolute Gasteiger partial charge is 0.478 e. The molecule has 0 radical (unpaired) electrons. The Morgan fingerprint density at radius 2 is 1.68 bits per heavy atom. The van der Waals surface area contributed by atoms with E-state index >= 15 is 0 Å². The number of alkyl halides is 3. The zero-order chi connectivity index (χ0) is 27.6. The summed E-state index contributed by atoms with van der Waals surface area (Å²) in [7, 11) is 0. The highest BCUT2D eigenvalue weighted by Crippen LogP contribution is 2.28. The summed E-state index contributed by atoms with van der Waals surface area (Å²) in [4.78, 5) is 36.5. The topological polar surface area (TPSA) is 107 Å². The van der Waals surface area contributed by atoms with Crippen LogP contribution in [0.1, 0.15) is 45.4 Å². The van der Waals surface area contributed by atoms with Crippen molar-refractivity contribution >= 4 is 40.6 Å². The largest absolute Gasteiger partial charge is 0.490 e. The van der Waals surface area contributed by atoms with E-state index in [-0.39, 0.29) is 5.56 Å². The van der Waals surface area contributed by atoms with Gasteiger partial charge in [0.1, 0.15) is 5.82 Å². The van der Waals surface area contributed by atoms with Gasteiger partial charge in [0.25, 0.3) is 5.91 Å². The van der Waals surface area contributed by atoms with E-state index < -0.39 is 29.8 Å². The van der Waals surface area contributed by atoms with Crippen LogP contribution in [0.15, 0.2) is 60.0 Å². The molecule has 0 saturated heterocycles.